The summed E-state index contributed by atoms with van der Waals surface area (Å²) in [5.74, 6) is -0.531. The van der Waals surface area contributed by atoms with Gasteiger partial charge in [0.15, 0.2) is 6.29 Å². The fraction of sp³-hybridized carbons (Fsp3) is 0.174. The zero-order valence-corrected chi connectivity index (χ0v) is 17.1. The Morgan fingerprint density at radius 3 is 2.69 bits per heavy atom. The van der Waals surface area contributed by atoms with E-state index in [-0.39, 0.29) is 0 Å². The van der Waals surface area contributed by atoms with Crippen LogP contribution in [0.5, 0.6) is 0 Å². The molecule has 0 saturated carbocycles. The van der Waals surface area contributed by atoms with Crippen LogP contribution >= 0.6 is 11.3 Å². The van der Waals surface area contributed by atoms with E-state index in [1.165, 1.54) is 11.3 Å². The number of aldehydes is 1. The van der Waals surface area contributed by atoms with Crippen LogP contribution in [0.4, 0.5) is 5.69 Å². The second-order valence-corrected chi connectivity index (χ2v) is 8.09. The maximum atomic E-state index is 12.5. The lowest BCUT2D eigenvalue weighted by molar-refractivity contribution is -0.104. The van der Waals surface area contributed by atoms with E-state index in [9.17, 15) is 9.59 Å². The Balaban J connectivity index is 1.84. The predicted molar refractivity (Wildman–Crippen MR) is 120 cm³/mol. The number of ketones is 1. The summed E-state index contributed by atoms with van der Waals surface area (Å²) >= 11 is 1.45. The van der Waals surface area contributed by atoms with Gasteiger partial charge in [-0.05, 0) is 37.0 Å². The topological polar surface area (TPSA) is 62.3 Å². The van der Waals surface area contributed by atoms with Crippen LogP contribution in [0, 0.1) is 0 Å². The molecular weight excluding hydrogens is 382 g/mol. The van der Waals surface area contributed by atoms with Crippen molar-refractivity contribution in [2.24, 2.45) is 0 Å². The van der Waals surface area contributed by atoms with Gasteiger partial charge in [0.1, 0.15) is 5.01 Å². The molecule has 0 fully saturated rings. The Hall–Kier alpha value is -3.09. The van der Waals surface area contributed by atoms with Crippen molar-refractivity contribution in [2.45, 2.75) is 0 Å². The molecule has 29 heavy (non-hydrogen) atoms. The average molecular weight is 404 g/mol. The molecule has 1 heterocycles. The van der Waals surface area contributed by atoms with E-state index in [1.54, 1.807) is 0 Å². The summed E-state index contributed by atoms with van der Waals surface area (Å²) < 4.78 is 0.736. The molecular formula is C23H21N3O2S. The SMILES string of the molecule is CN(C)CCNc1ccc2nc(-c3cccc4ccccc34)sc2c1C(=O)C=O. The van der Waals surface area contributed by atoms with Gasteiger partial charge in [0.25, 0.3) is 0 Å². The molecule has 0 saturated heterocycles. The monoisotopic (exact) mass is 403 g/mol. The lowest BCUT2D eigenvalue weighted by Gasteiger charge is -2.13. The van der Waals surface area contributed by atoms with Crippen molar-refractivity contribution in [3.63, 3.8) is 0 Å². The van der Waals surface area contributed by atoms with Gasteiger partial charge in [-0.3, -0.25) is 9.59 Å². The highest BCUT2D eigenvalue weighted by Crippen LogP contribution is 2.38. The molecule has 4 rings (SSSR count). The number of carbonyl (C=O) groups excluding carboxylic acids is 2. The van der Waals surface area contributed by atoms with Crippen LogP contribution in [0.25, 0.3) is 31.6 Å². The minimum atomic E-state index is -0.531. The molecule has 3 aromatic carbocycles. The van der Waals surface area contributed by atoms with Crippen molar-refractivity contribution in [3.8, 4) is 10.6 Å². The number of carbonyl (C=O) groups is 2. The fourth-order valence-electron chi connectivity index (χ4n) is 3.38. The summed E-state index contributed by atoms with van der Waals surface area (Å²) in [4.78, 5) is 30.6. The van der Waals surface area contributed by atoms with E-state index < -0.39 is 5.78 Å². The molecule has 1 aromatic heterocycles. The van der Waals surface area contributed by atoms with E-state index in [4.69, 9.17) is 4.98 Å². The zero-order valence-electron chi connectivity index (χ0n) is 16.3. The minimum Gasteiger partial charge on any atom is -0.383 e. The molecule has 1 N–H and O–H groups in total. The first-order valence-electron chi connectivity index (χ1n) is 9.38. The van der Waals surface area contributed by atoms with E-state index in [1.807, 2.05) is 50.5 Å². The van der Waals surface area contributed by atoms with E-state index in [0.29, 0.717) is 24.1 Å². The first-order chi connectivity index (χ1) is 14.1. The summed E-state index contributed by atoms with van der Waals surface area (Å²) in [6.45, 7) is 1.49. The Labute approximate surface area is 173 Å². The summed E-state index contributed by atoms with van der Waals surface area (Å²) in [5, 5.41) is 6.37. The number of rotatable bonds is 7. The maximum absolute atomic E-state index is 12.5. The first-order valence-corrected chi connectivity index (χ1v) is 10.2. The molecule has 0 amide bonds. The second-order valence-electron chi connectivity index (χ2n) is 7.09. The molecule has 0 aliphatic carbocycles. The zero-order chi connectivity index (χ0) is 20.4. The van der Waals surface area contributed by atoms with Crippen LogP contribution in [0.1, 0.15) is 10.4 Å². The molecule has 4 aromatic rings. The number of thiazole rings is 1. The van der Waals surface area contributed by atoms with Crippen LogP contribution < -0.4 is 5.32 Å². The molecule has 0 radical (unpaired) electrons. The maximum Gasteiger partial charge on any atom is 0.228 e. The van der Waals surface area contributed by atoms with Gasteiger partial charge in [-0.2, -0.15) is 0 Å². The quantitative estimate of drug-likeness (QED) is 0.280. The Kier molecular flexibility index (Phi) is 5.38. The van der Waals surface area contributed by atoms with Crippen LogP contribution in [0.2, 0.25) is 0 Å². The third kappa shape index (κ3) is 3.77. The Morgan fingerprint density at radius 2 is 1.90 bits per heavy atom. The Morgan fingerprint density at radius 1 is 1.10 bits per heavy atom. The van der Waals surface area contributed by atoms with E-state index in [0.717, 1.165) is 38.1 Å². The van der Waals surface area contributed by atoms with Crippen molar-refractivity contribution in [2.75, 3.05) is 32.5 Å². The number of nitrogens with one attached hydrogen (secondary N) is 1. The number of aromatic nitrogens is 1. The van der Waals surface area contributed by atoms with Gasteiger partial charge in [0.05, 0.1) is 15.8 Å². The molecule has 0 aliphatic rings. The molecule has 6 heteroatoms. The fourth-order valence-corrected chi connectivity index (χ4v) is 4.54. The third-order valence-corrected chi connectivity index (χ3v) is 5.93. The van der Waals surface area contributed by atoms with Gasteiger partial charge in [0, 0.05) is 24.3 Å². The van der Waals surface area contributed by atoms with Crippen molar-refractivity contribution in [1.29, 1.82) is 0 Å². The second kappa shape index (κ2) is 8.11. The van der Waals surface area contributed by atoms with E-state index in [2.05, 4.69) is 28.4 Å². The lowest BCUT2D eigenvalue weighted by Crippen LogP contribution is -2.21. The lowest BCUT2D eigenvalue weighted by atomic mass is 10.1. The van der Waals surface area contributed by atoms with Crippen LogP contribution in [-0.2, 0) is 4.79 Å². The molecule has 146 valence electrons. The highest BCUT2D eigenvalue weighted by molar-refractivity contribution is 7.22. The van der Waals surface area contributed by atoms with Crippen molar-refractivity contribution < 1.29 is 9.59 Å². The molecule has 0 aliphatic heterocycles. The van der Waals surface area contributed by atoms with Gasteiger partial charge >= 0.3 is 0 Å². The van der Waals surface area contributed by atoms with Crippen LogP contribution in [0.15, 0.2) is 54.6 Å². The summed E-state index contributed by atoms with van der Waals surface area (Å²) in [7, 11) is 3.98. The number of anilines is 1. The Bertz CT molecular complexity index is 1210. The smallest absolute Gasteiger partial charge is 0.228 e. The minimum absolute atomic E-state index is 0.378. The third-order valence-electron chi connectivity index (χ3n) is 4.81. The first kappa shape index (κ1) is 19.2. The highest BCUT2D eigenvalue weighted by Gasteiger charge is 2.19. The molecule has 0 unspecified atom stereocenters. The molecule has 0 spiro atoms. The number of nitrogens with zero attached hydrogens (tertiary/aromatic N) is 2. The largest absolute Gasteiger partial charge is 0.383 e. The normalized spacial score (nSPS) is 11.3. The average Bonchev–Trinajstić information content (AvgIpc) is 3.16. The van der Waals surface area contributed by atoms with Gasteiger partial charge in [-0.15, -0.1) is 11.3 Å². The van der Waals surface area contributed by atoms with Gasteiger partial charge in [-0.25, -0.2) is 4.98 Å². The van der Waals surface area contributed by atoms with Gasteiger partial charge in [-0.1, -0.05) is 42.5 Å². The van der Waals surface area contributed by atoms with Crippen LogP contribution in [-0.4, -0.2) is 49.1 Å². The molecule has 0 bridgehead atoms. The number of likely N-dealkylation sites (N-methyl/N-ethyl adjacent to an activating group) is 1. The van der Waals surface area contributed by atoms with Crippen molar-refractivity contribution in [3.05, 3.63) is 60.2 Å². The van der Waals surface area contributed by atoms with Crippen molar-refractivity contribution in [1.82, 2.24) is 9.88 Å². The van der Waals surface area contributed by atoms with Gasteiger partial charge < -0.3 is 10.2 Å². The molecule has 0 atom stereocenters. The highest BCUT2D eigenvalue weighted by atomic mass is 32.1. The van der Waals surface area contributed by atoms with Crippen LogP contribution in [0.3, 0.4) is 0 Å². The summed E-state index contributed by atoms with van der Waals surface area (Å²) in [6.07, 6.45) is 0.378. The van der Waals surface area contributed by atoms with E-state index >= 15 is 0 Å². The number of hydrogen-bond acceptors (Lipinski definition) is 6. The summed E-state index contributed by atoms with van der Waals surface area (Å²) in [6, 6.07) is 18.0. The number of benzene rings is 3. The van der Waals surface area contributed by atoms with Crippen molar-refractivity contribution >= 4 is 50.1 Å². The number of hydrogen-bond donors (Lipinski definition) is 1. The van der Waals surface area contributed by atoms with Gasteiger partial charge in [0.2, 0.25) is 5.78 Å². The predicted octanol–water partition coefficient (Wildman–Crippen LogP) is 4.47. The summed E-state index contributed by atoms with van der Waals surface area (Å²) in [5.41, 5.74) is 2.82. The molecule has 5 nitrogen and oxygen atoms in total. The standard InChI is InChI=1S/C23H21N3O2S/c1-26(2)13-12-24-18-10-11-19-22(21(18)20(28)14-27)29-23(25-19)17-9-5-7-15-6-3-4-8-16(15)17/h3-11,14,24H,12-13H2,1-2H3. The number of Topliss-reactive ketones (excluding diaryl/α,β-unsaturated/α-hetero) is 1. The number of fused-ring (bicyclic) bond motifs is 2.